The van der Waals surface area contributed by atoms with E-state index in [0.29, 0.717) is 43.2 Å². The van der Waals surface area contributed by atoms with Crippen molar-refractivity contribution in [1.82, 2.24) is 9.80 Å². The Balaban J connectivity index is 1.20. The normalized spacial score (nSPS) is 18.0. The first-order valence-corrected chi connectivity index (χ1v) is 11.6. The maximum Gasteiger partial charge on any atom is 0.253 e. The number of piperidine rings is 2. The summed E-state index contributed by atoms with van der Waals surface area (Å²) in [4.78, 5) is 29.4. The Hall–Kier alpha value is -2.89. The number of rotatable bonds is 5. The Kier molecular flexibility index (Phi) is 7.08. The van der Waals surface area contributed by atoms with Gasteiger partial charge in [0.15, 0.2) is 0 Å². The van der Waals surface area contributed by atoms with Crippen LogP contribution in [0.15, 0.2) is 48.5 Å². The lowest BCUT2D eigenvalue weighted by molar-refractivity contribution is -0.138. The lowest BCUT2D eigenvalue weighted by atomic mass is 9.89. The van der Waals surface area contributed by atoms with E-state index in [4.69, 9.17) is 0 Å². The molecule has 0 unspecified atom stereocenters. The number of phenols is 1. The molecule has 2 heterocycles. The van der Waals surface area contributed by atoms with E-state index in [1.807, 2.05) is 17.0 Å². The summed E-state index contributed by atoms with van der Waals surface area (Å²) in [6, 6.07) is 13.0. The van der Waals surface area contributed by atoms with Crippen molar-refractivity contribution in [3.8, 4) is 5.75 Å². The fourth-order valence-electron chi connectivity index (χ4n) is 4.84. The first-order chi connectivity index (χ1) is 15.5. The van der Waals surface area contributed by atoms with Crippen LogP contribution in [0.2, 0.25) is 0 Å². The molecule has 2 aliphatic rings. The number of nitrogens with zero attached hydrogens (tertiary/aromatic N) is 2. The van der Waals surface area contributed by atoms with Crippen molar-refractivity contribution in [2.45, 2.75) is 38.5 Å². The molecule has 4 rings (SSSR count). The molecule has 32 heavy (non-hydrogen) atoms. The molecule has 2 aromatic rings. The zero-order valence-corrected chi connectivity index (χ0v) is 18.4. The highest BCUT2D eigenvalue weighted by molar-refractivity contribution is 5.94. The minimum absolute atomic E-state index is 0.0131. The number of aryl methyl sites for hydroxylation is 1. The Bertz CT molecular complexity index is 913. The van der Waals surface area contributed by atoms with Crippen LogP contribution in [0.25, 0.3) is 0 Å². The van der Waals surface area contributed by atoms with E-state index >= 15 is 0 Å². The lowest BCUT2D eigenvalue weighted by Gasteiger charge is -2.37. The second kappa shape index (κ2) is 10.2. The molecule has 2 aromatic carbocycles. The predicted molar refractivity (Wildman–Crippen MR) is 121 cm³/mol. The summed E-state index contributed by atoms with van der Waals surface area (Å²) in [6.45, 7) is 2.76. The van der Waals surface area contributed by atoms with Crippen LogP contribution < -0.4 is 0 Å². The Morgan fingerprint density at radius 1 is 0.844 bits per heavy atom. The number of amides is 2. The summed E-state index contributed by atoms with van der Waals surface area (Å²) in [7, 11) is 0. The van der Waals surface area contributed by atoms with Crippen molar-refractivity contribution in [3.05, 3.63) is 65.5 Å². The highest BCUT2D eigenvalue weighted by Gasteiger charge is 2.32. The topological polar surface area (TPSA) is 60.9 Å². The van der Waals surface area contributed by atoms with Gasteiger partial charge in [0.2, 0.25) is 5.91 Å². The number of carbonyl (C=O) groups excluding carboxylic acids is 2. The van der Waals surface area contributed by atoms with E-state index < -0.39 is 0 Å². The van der Waals surface area contributed by atoms with Crippen LogP contribution in [0.4, 0.5) is 4.39 Å². The van der Waals surface area contributed by atoms with E-state index in [0.717, 1.165) is 38.8 Å². The molecule has 0 spiro atoms. The van der Waals surface area contributed by atoms with Crippen molar-refractivity contribution < 1.29 is 19.1 Å². The standard InChI is InChI=1S/C26H31FN2O3/c27-23-7-5-21(6-8-23)25(31)29-17-13-22(14-18-29)26(32)28-15-11-20(12-16-28)2-1-19-3-9-24(30)10-4-19/h3-10,20,22,30H,1-2,11-18H2. The average Bonchev–Trinajstić information content (AvgIpc) is 2.84. The molecule has 0 aromatic heterocycles. The van der Waals surface area contributed by atoms with Crippen molar-refractivity contribution in [1.29, 1.82) is 0 Å². The van der Waals surface area contributed by atoms with Gasteiger partial charge in [-0.25, -0.2) is 4.39 Å². The Morgan fingerprint density at radius 2 is 1.44 bits per heavy atom. The Morgan fingerprint density at radius 3 is 2.06 bits per heavy atom. The van der Waals surface area contributed by atoms with Crippen LogP contribution in [-0.2, 0) is 11.2 Å². The molecule has 0 radical (unpaired) electrons. The van der Waals surface area contributed by atoms with E-state index in [1.54, 1.807) is 17.0 Å². The van der Waals surface area contributed by atoms with Gasteiger partial charge in [0.25, 0.3) is 5.91 Å². The molecule has 0 saturated carbocycles. The first-order valence-electron chi connectivity index (χ1n) is 11.6. The van der Waals surface area contributed by atoms with Crippen LogP contribution >= 0.6 is 0 Å². The molecular weight excluding hydrogens is 407 g/mol. The maximum atomic E-state index is 13.1. The minimum Gasteiger partial charge on any atom is -0.508 e. The van der Waals surface area contributed by atoms with Gasteiger partial charge in [0, 0.05) is 37.7 Å². The number of phenolic OH excluding ortho intramolecular Hbond substituents is 1. The summed E-state index contributed by atoms with van der Waals surface area (Å²) in [5.41, 5.74) is 1.73. The quantitative estimate of drug-likeness (QED) is 0.759. The molecule has 2 amide bonds. The summed E-state index contributed by atoms with van der Waals surface area (Å²) >= 11 is 0. The third-order valence-corrected chi connectivity index (χ3v) is 6.93. The SMILES string of the molecule is O=C(c1ccc(F)cc1)N1CCC(C(=O)N2CCC(CCc3ccc(O)cc3)CC2)CC1. The molecule has 0 atom stereocenters. The van der Waals surface area contributed by atoms with Crippen LogP contribution in [0.5, 0.6) is 5.75 Å². The van der Waals surface area contributed by atoms with E-state index in [2.05, 4.69) is 0 Å². The zero-order chi connectivity index (χ0) is 22.5. The van der Waals surface area contributed by atoms with Gasteiger partial charge in [-0.2, -0.15) is 0 Å². The highest BCUT2D eigenvalue weighted by Crippen LogP contribution is 2.27. The fraction of sp³-hybridized carbons (Fsp3) is 0.462. The zero-order valence-electron chi connectivity index (χ0n) is 18.4. The number of carbonyl (C=O) groups is 2. The molecule has 2 aliphatic heterocycles. The molecule has 0 aliphatic carbocycles. The van der Waals surface area contributed by atoms with Crippen molar-refractivity contribution in [3.63, 3.8) is 0 Å². The summed E-state index contributed by atoms with van der Waals surface area (Å²) < 4.78 is 13.1. The molecule has 170 valence electrons. The summed E-state index contributed by atoms with van der Waals surface area (Å²) in [5.74, 6) is 0.700. The molecule has 2 fully saturated rings. The average molecular weight is 439 g/mol. The van der Waals surface area contributed by atoms with Gasteiger partial charge < -0.3 is 14.9 Å². The van der Waals surface area contributed by atoms with Gasteiger partial charge in [-0.15, -0.1) is 0 Å². The molecule has 1 N–H and O–H groups in total. The van der Waals surface area contributed by atoms with E-state index in [9.17, 15) is 19.1 Å². The van der Waals surface area contributed by atoms with Gasteiger partial charge in [0.05, 0.1) is 0 Å². The van der Waals surface area contributed by atoms with Gasteiger partial charge in [-0.05, 0) is 86.4 Å². The smallest absolute Gasteiger partial charge is 0.253 e. The van der Waals surface area contributed by atoms with E-state index in [1.165, 1.54) is 29.8 Å². The van der Waals surface area contributed by atoms with Crippen LogP contribution in [-0.4, -0.2) is 52.9 Å². The van der Waals surface area contributed by atoms with Gasteiger partial charge in [-0.1, -0.05) is 12.1 Å². The van der Waals surface area contributed by atoms with Crippen LogP contribution in [0.3, 0.4) is 0 Å². The minimum atomic E-state index is -0.352. The van der Waals surface area contributed by atoms with Gasteiger partial charge >= 0.3 is 0 Å². The molecule has 2 saturated heterocycles. The molecule has 6 heteroatoms. The third-order valence-electron chi connectivity index (χ3n) is 6.93. The third kappa shape index (κ3) is 5.47. The number of benzene rings is 2. The fourth-order valence-corrected chi connectivity index (χ4v) is 4.84. The largest absolute Gasteiger partial charge is 0.508 e. The predicted octanol–water partition coefficient (Wildman–Crippen LogP) is 4.25. The van der Waals surface area contributed by atoms with Crippen LogP contribution in [0, 0.1) is 17.7 Å². The van der Waals surface area contributed by atoms with Crippen molar-refractivity contribution in [2.24, 2.45) is 11.8 Å². The highest BCUT2D eigenvalue weighted by atomic mass is 19.1. The van der Waals surface area contributed by atoms with Gasteiger partial charge in [-0.3, -0.25) is 9.59 Å². The van der Waals surface area contributed by atoms with Crippen LogP contribution in [0.1, 0.15) is 48.0 Å². The summed E-state index contributed by atoms with van der Waals surface area (Å²) in [6.07, 6.45) is 5.55. The molecular formula is C26H31FN2O3. The second-order valence-corrected chi connectivity index (χ2v) is 9.05. The molecule has 5 nitrogen and oxygen atoms in total. The maximum absolute atomic E-state index is 13.1. The van der Waals surface area contributed by atoms with Crippen molar-refractivity contribution in [2.75, 3.05) is 26.2 Å². The van der Waals surface area contributed by atoms with Gasteiger partial charge in [0.1, 0.15) is 11.6 Å². The molecule has 0 bridgehead atoms. The number of likely N-dealkylation sites (tertiary alicyclic amines) is 2. The van der Waals surface area contributed by atoms with E-state index in [-0.39, 0.29) is 23.5 Å². The number of hydrogen-bond acceptors (Lipinski definition) is 3. The van der Waals surface area contributed by atoms with Crippen molar-refractivity contribution >= 4 is 11.8 Å². The number of aromatic hydroxyl groups is 1. The lowest BCUT2D eigenvalue weighted by Crippen LogP contribution is -2.46. The monoisotopic (exact) mass is 438 g/mol. The summed E-state index contributed by atoms with van der Waals surface area (Å²) in [5, 5.41) is 9.40. The Labute approximate surface area is 188 Å². The first kappa shape index (κ1) is 22.3. The number of halogens is 1. The second-order valence-electron chi connectivity index (χ2n) is 9.05. The number of hydrogen-bond donors (Lipinski definition) is 1.